The molecule has 2 amide bonds. The van der Waals surface area contributed by atoms with Crippen molar-refractivity contribution in [1.82, 2.24) is 5.43 Å². The summed E-state index contributed by atoms with van der Waals surface area (Å²) in [6.45, 7) is 0. The number of hydrazine groups is 1. The number of amides is 2. The summed E-state index contributed by atoms with van der Waals surface area (Å²) in [7, 11) is 0. The lowest BCUT2D eigenvalue weighted by atomic mass is 10.2. The number of carbonyl (C=O) groups excluding carboxylic acids is 2. The molecule has 4 N–H and O–H groups in total. The molecule has 0 aliphatic heterocycles. The lowest BCUT2D eigenvalue weighted by Gasteiger charge is -2.11. The van der Waals surface area contributed by atoms with Gasteiger partial charge in [0.15, 0.2) is 0 Å². The van der Waals surface area contributed by atoms with Crippen LogP contribution in [0.2, 0.25) is 0 Å². The van der Waals surface area contributed by atoms with Crippen LogP contribution in [-0.2, 0) is 0 Å². The Bertz CT molecular complexity index is 1190. The van der Waals surface area contributed by atoms with Crippen LogP contribution in [0.4, 0.5) is 22.7 Å². The Kier molecular flexibility index (Phi) is 6.43. The number of anilines is 4. The van der Waals surface area contributed by atoms with Crippen LogP contribution in [0.1, 0.15) is 20.7 Å². The molecule has 0 heterocycles. The predicted molar refractivity (Wildman–Crippen MR) is 128 cm³/mol. The number of nitrogens with one attached hydrogen (secondary N) is 4. The summed E-state index contributed by atoms with van der Waals surface area (Å²) in [5, 5.41) is 6.18. The van der Waals surface area contributed by atoms with Gasteiger partial charge in [0.25, 0.3) is 11.8 Å². The average molecular weight is 422 g/mol. The third-order valence-electron chi connectivity index (χ3n) is 4.69. The van der Waals surface area contributed by atoms with Crippen LogP contribution in [-0.4, -0.2) is 11.8 Å². The Labute approximate surface area is 186 Å². The summed E-state index contributed by atoms with van der Waals surface area (Å²) in [6.07, 6.45) is 0. The molecule has 0 radical (unpaired) electrons. The Balaban J connectivity index is 1.35. The molecule has 158 valence electrons. The molecule has 0 aliphatic rings. The molecule has 6 heteroatoms. The van der Waals surface area contributed by atoms with Crippen LogP contribution >= 0.6 is 0 Å². The summed E-state index contributed by atoms with van der Waals surface area (Å²) in [5.41, 5.74) is 9.82. The van der Waals surface area contributed by atoms with Gasteiger partial charge in [-0.1, -0.05) is 42.5 Å². The molecule has 0 saturated heterocycles. The molecule has 0 bridgehead atoms. The number of carbonyl (C=O) groups is 2. The third kappa shape index (κ3) is 5.52. The normalized spacial score (nSPS) is 10.1. The second-order valence-corrected chi connectivity index (χ2v) is 7.05. The van der Waals surface area contributed by atoms with E-state index in [1.54, 1.807) is 24.3 Å². The van der Waals surface area contributed by atoms with Crippen molar-refractivity contribution in [1.29, 1.82) is 0 Å². The van der Waals surface area contributed by atoms with Gasteiger partial charge in [0.2, 0.25) is 0 Å². The van der Waals surface area contributed by atoms with Crippen LogP contribution in [0.3, 0.4) is 0 Å². The van der Waals surface area contributed by atoms with Crippen LogP contribution in [0.25, 0.3) is 0 Å². The lowest BCUT2D eigenvalue weighted by Crippen LogP contribution is -2.29. The number of benzene rings is 4. The van der Waals surface area contributed by atoms with Crippen LogP contribution < -0.4 is 21.5 Å². The molecule has 32 heavy (non-hydrogen) atoms. The zero-order valence-corrected chi connectivity index (χ0v) is 17.2. The standard InChI is InChI=1S/C26H22N4O2/c31-25(19-8-3-1-4-9-19)28-24-13-7-12-23(18-24)27-21-16-14-20(15-17-21)26(32)30-29-22-10-5-2-6-11-22/h1-18,27,29H,(H,28,31)(H,30,32). The molecule has 0 unspecified atom stereocenters. The molecule has 6 nitrogen and oxygen atoms in total. The molecule has 0 aromatic heterocycles. The zero-order valence-electron chi connectivity index (χ0n) is 17.2. The quantitative estimate of drug-likeness (QED) is 0.299. The smallest absolute Gasteiger partial charge is 0.269 e. The Morgan fingerprint density at radius 1 is 0.500 bits per heavy atom. The first-order valence-electron chi connectivity index (χ1n) is 10.1. The van der Waals surface area contributed by atoms with Crippen LogP contribution in [0, 0.1) is 0 Å². The van der Waals surface area contributed by atoms with Gasteiger partial charge in [-0.3, -0.25) is 20.4 Å². The predicted octanol–water partition coefficient (Wildman–Crippen LogP) is 5.44. The fourth-order valence-corrected chi connectivity index (χ4v) is 3.06. The second kappa shape index (κ2) is 9.95. The minimum atomic E-state index is -0.231. The highest BCUT2D eigenvalue weighted by atomic mass is 16.2. The summed E-state index contributed by atoms with van der Waals surface area (Å²) in [4.78, 5) is 24.7. The van der Waals surface area contributed by atoms with Crippen molar-refractivity contribution in [2.75, 3.05) is 16.1 Å². The number of rotatable bonds is 7. The third-order valence-corrected chi connectivity index (χ3v) is 4.69. The molecule has 0 spiro atoms. The van der Waals surface area contributed by atoms with E-state index in [4.69, 9.17) is 0 Å². The van der Waals surface area contributed by atoms with Gasteiger partial charge in [0.1, 0.15) is 0 Å². The first-order chi connectivity index (χ1) is 15.7. The highest BCUT2D eigenvalue weighted by Gasteiger charge is 2.07. The van der Waals surface area contributed by atoms with Crippen molar-refractivity contribution < 1.29 is 9.59 Å². The van der Waals surface area contributed by atoms with Gasteiger partial charge in [-0.05, 0) is 66.7 Å². The largest absolute Gasteiger partial charge is 0.355 e. The van der Waals surface area contributed by atoms with Gasteiger partial charge < -0.3 is 10.6 Å². The topological polar surface area (TPSA) is 82.3 Å². The maximum Gasteiger partial charge on any atom is 0.269 e. The Morgan fingerprint density at radius 2 is 1.09 bits per heavy atom. The highest BCUT2D eigenvalue weighted by Crippen LogP contribution is 2.21. The minimum absolute atomic E-state index is 0.165. The van der Waals surface area contributed by atoms with Gasteiger partial charge in [0.05, 0.1) is 5.69 Å². The van der Waals surface area contributed by atoms with Crippen molar-refractivity contribution in [3.05, 3.63) is 120 Å². The monoisotopic (exact) mass is 422 g/mol. The molecule has 4 rings (SSSR count). The van der Waals surface area contributed by atoms with Gasteiger partial charge in [-0.25, -0.2) is 0 Å². The van der Waals surface area contributed by atoms with Gasteiger partial charge in [-0.15, -0.1) is 0 Å². The van der Waals surface area contributed by atoms with E-state index in [-0.39, 0.29) is 11.8 Å². The summed E-state index contributed by atoms with van der Waals surface area (Å²) >= 11 is 0. The van der Waals surface area contributed by atoms with E-state index in [9.17, 15) is 9.59 Å². The van der Waals surface area contributed by atoms with E-state index < -0.39 is 0 Å². The van der Waals surface area contributed by atoms with Crippen molar-refractivity contribution in [2.24, 2.45) is 0 Å². The van der Waals surface area contributed by atoms with Crippen LogP contribution in [0.15, 0.2) is 109 Å². The molecule has 4 aromatic rings. The molecular formula is C26H22N4O2. The lowest BCUT2D eigenvalue weighted by molar-refractivity contribution is 0.0961. The van der Waals surface area contributed by atoms with E-state index in [2.05, 4.69) is 21.5 Å². The molecular weight excluding hydrogens is 400 g/mol. The fourth-order valence-electron chi connectivity index (χ4n) is 3.06. The van der Waals surface area contributed by atoms with E-state index in [1.165, 1.54) is 0 Å². The SMILES string of the molecule is O=C(NNc1ccccc1)c1ccc(Nc2cccc(NC(=O)c3ccccc3)c2)cc1. The summed E-state index contributed by atoms with van der Waals surface area (Å²) in [5.74, 6) is -0.395. The minimum Gasteiger partial charge on any atom is -0.355 e. The average Bonchev–Trinajstić information content (AvgIpc) is 2.84. The number of hydrogen-bond acceptors (Lipinski definition) is 4. The highest BCUT2D eigenvalue weighted by molar-refractivity contribution is 6.04. The molecule has 4 aromatic carbocycles. The molecule has 0 fully saturated rings. The fraction of sp³-hybridized carbons (Fsp3) is 0. The van der Waals surface area contributed by atoms with Gasteiger partial charge in [0, 0.05) is 28.2 Å². The second-order valence-electron chi connectivity index (χ2n) is 7.05. The number of hydrogen-bond donors (Lipinski definition) is 4. The van der Waals surface area contributed by atoms with E-state index >= 15 is 0 Å². The van der Waals surface area contributed by atoms with Gasteiger partial charge >= 0.3 is 0 Å². The first-order valence-corrected chi connectivity index (χ1v) is 10.1. The van der Waals surface area contributed by atoms with E-state index in [1.807, 2.05) is 84.9 Å². The zero-order chi connectivity index (χ0) is 22.2. The van der Waals surface area contributed by atoms with E-state index in [0.717, 1.165) is 17.1 Å². The number of para-hydroxylation sites is 1. The van der Waals surface area contributed by atoms with Gasteiger partial charge in [-0.2, -0.15) is 0 Å². The van der Waals surface area contributed by atoms with Crippen molar-refractivity contribution in [3.8, 4) is 0 Å². The Hall–Kier alpha value is -4.58. The maximum atomic E-state index is 12.4. The Morgan fingerprint density at radius 3 is 1.81 bits per heavy atom. The van der Waals surface area contributed by atoms with E-state index in [0.29, 0.717) is 16.8 Å². The molecule has 0 saturated carbocycles. The molecule has 0 atom stereocenters. The van der Waals surface area contributed by atoms with Crippen molar-refractivity contribution in [2.45, 2.75) is 0 Å². The van der Waals surface area contributed by atoms with Crippen LogP contribution in [0.5, 0.6) is 0 Å². The molecule has 0 aliphatic carbocycles. The maximum absolute atomic E-state index is 12.4. The summed E-state index contributed by atoms with van der Waals surface area (Å²) < 4.78 is 0. The first kappa shape index (κ1) is 20.7. The van der Waals surface area contributed by atoms with Crippen molar-refractivity contribution in [3.63, 3.8) is 0 Å². The summed E-state index contributed by atoms with van der Waals surface area (Å²) in [6, 6.07) is 33.1. The van der Waals surface area contributed by atoms with Crippen molar-refractivity contribution >= 4 is 34.6 Å².